The van der Waals surface area contributed by atoms with Crippen LogP contribution in [-0.2, 0) is 9.53 Å². The van der Waals surface area contributed by atoms with Gasteiger partial charge in [0.05, 0.1) is 24.5 Å². The van der Waals surface area contributed by atoms with Crippen LogP contribution in [0.15, 0.2) is 18.2 Å². The molecule has 5 nitrogen and oxygen atoms in total. The summed E-state index contributed by atoms with van der Waals surface area (Å²) in [6, 6.07) is 5.57. The summed E-state index contributed by atoms with van der Waals surface area (Å²) in [6.07, 6.45) is 0. The molecule has 1 amide bonds. The zero-order valence-electron chi connectivity index (χ0n) is 11.9. The molecule has 0 aliphatic rings. The summed E-state index contributed by atoms with van der Waals surface area (Å²) < 4.78 is 5.25. The van der Waals surface area contributed by atoms with Crippen molar-refractivity contribution in [3.63, 3.8) is 0 Å². The van der Waals surface area contributed by atoms with Crippen LogP contribution in [0, 0.1) is 6.92 Å². The van der Waals surface area contributed by atoms with E-state index in [0.29, 0.717) is 31.1 Å². The van der Waals surface area contributed by atoms with E-state index in [4.69, 9.17) is 10.5 Å². The molecule has 0 spiro atoms. The summed E-state index contributed by atoms with van der Waals surface area (Å²) in [7, 11) is 1.89. The molecule has 0 radical (unpaired) electrons. The number of likely N-dealkylation sites (N-methyl/N-ethyl adjacent to an activating group) is 1. The SMILES string of the molecule is CCOCCN(C)CC(=O)Nc1c(C)cccc1N. The molecule has 0 aliphatic heterocycles. The molecule has 0 fully saturated rings. The minimum absolute atomic E-state index is 0.0694. The van der Waals surface area contributed by atoms with Crippen molar-refractivity contribution in [2.45, 2.75) is 13.8 Å². The predicted molar refractivity (Wildman–Crippen MR) is 78.2 cm³/mol. The molecule has 106 valence electrons. The van der Waals surface area contributed by atoms with Gasteiger partial charge >= 0.3 is 0 Å². The highest BCUT2D eigenvalue weighted by Gasteiger charge is 2.10. The van der Waals surface area contributed by atoms with Crippen molar-refractivity contribution in [2.75, 3.05) is 44.4 Å². The van der Waals surface area contributed by atoms with Crippen molar-refractivity contribution in [3.8, 4) is 0 Å². The van der Waals surface area contributed by atoms with E-state index in [0.717, 1.165) is 12.1 Å². The van der Waals surface area contributed by atoms with E-state index in [1.807, 2.05) is 37.9 Å². The maximum Gasteiger partial charge on any atom is 0.238 e. The average Bonchev–Trinajstić information content (AvgIpc) is 2.34. The molecular formula is C14H23N3O2. The number of benzene rings is 1. The summed E-state index contributed by atoms with van der Waals surface area (Å²) in [5.41, 5.74) is 8.10. The number of aryl methyl sites for hydroxylation is 1. The first-order valence-corrected chi connectivity index (χ1v) is 6.45. The molecule has 0 saturated heterocycles. The van der Waals surface area contributed by atoms with Gasteiger partial charge in [-0.2, -0.15) is 0 Å². The molecule has 1 aromatic carbocycles. The number of nitrogen functional groups attached to an aromatic ring is 1. The van der Waals surface area contributed by atoms with Gasteiger partial charge in [0, 0.05) is 13.2 Å². The largest absolute Gasteiger partial charge is 0.397 e. The smallest absolute Gasteiger partial charge is 0.238 e. The third kappa shape index (κ3) is 5.28. The fourth-order valence-electron chi connectivity index (χ4n) is 1.73. The highest BCUT2D eigenvalue weighted by Crippen LogP contribution is 2.22. The van der Waals surface area contributed by atoms with Crippen molar-refractivity contribution >= 4 is 17.3 Å². The van der Waals surface area contributed by atoms with Gasteiger partial charge in [-0.25, -0.2) is 0 Å². The summed E-state index contributed by atoms with van der Waals surface area (Å²) >= 11 is 0. The Morgan fingerprint density at radius 3 is 2.84 bits per heavy atom. The van der Waals surface area contributed by atoms with E-state index in [2.05, 4.69) is 5.32 Å². The lowest BCUT2D eigenvalue weighted by molar-refractivity contribution is -0.117. The maximum atomic E-state index is 11.9. The number of nitrogens with zero attached hydrogens (tertiary/aromatic N) is 1. The molecule has 1 rings (SSSR count). The summed E-state index contributed by atoms with van der Waals surface area (Å²) in [6.45, 7) is 6.25. The van der Waals surface area contributed by atoms with Crippen LogP contribution in [-0.4, -0.2) is 44.2 Å². The van der Waals surface area contributed by atoms with Gasteiger partial charge in [0.25, 0.3) is 0 Å². The van der Waals surface area contributed by atoms with E-state index in [1.54, 1.807) is 6.07 Å². The fourth-order valence-corrected chi connectivity index (χ4v) is 1.73. The van der Waals surface area contributed by atoms with Gasteiger partial charge in [-0.05, 0) is 32.5 Å². The van der Waals surface area contributed by atoms with Gasteiger partial charge in [0.15, 0.2) is 0 Å². The van der Waals surface area contributed by atoms with E-state index < -0.39 is 0 Å². The number of anilines is 2. The van der Waals surface area contributed by atoms with E-state index in [9.17, 15) is 4.79 Å². The van der Waals surface area contributed by atoms with Gasteiger partial charge < -0.3 is 15.8 Å². The molecule has 0 bridgehead atoms. The van der Waals surface area contributed by atoms with Gasteiger partial charge in [0.1, 0.15) is 0 Å². The molecule has 3 N–H and O–H groups in total. The number of amides is 1. The number of hydrogen-bond donors (Lipinski definition) is 2. The molecule has 0 aromatic heterocycles. The molecule has 0 heterocycles. The van der Waals surface area contributed by atoms with Crippen molar-refractivity contribution in [1.82, 2.24) is 4.90 Å². The van der Waals surface area contributed by atoms with Crippen molar-refractivity contribution in [2.24, 2.45) is 0 Å². The topological polar surface area (TPSA) is 67.6 Å². The average molecular weight is 265 g/mol. The number of para-hydroxylation sites is 1. The van der Waals surface area contributed by atoms with Gasteiger partial charge in [-0.3, -0.25) is 9.69 Å². The monoisotopic (exact) mass is 265 g/mol. The van der Waals surface area contributed by atoms with Gasteiger partial charge in [-0.1, -0.05) is 12.1 Å². The normalized spacial score (nSPS) is 10.7. The van der Waals surface area contributed by atoms with Crippen molar-refractivity contribution < 1.29 is 9.53 Å². The Balaban J connectivity index is 2.47. The Labute approximate surface area is 114 Å². The Bertz CT molecular complexity index is 401. The lowest BCUT2D eigenvalue weighted by Gasteiger charge is -2.17. The maximum absolute atomic E-state index is 11.9. The molecule has 0 saturated carbocycles. The Kier molecular flexibility index (Phi) is 6.32. The number of nitrogens with two attached hydrogens (primary N) is 1. The Morgan fingerprint density at radius 1 is 1.47 bits per heavy atom. The summed E-state index contributed by atoms with van der Waals surface area (Å²) in [5, 5.41) is 2.85. The highest BCUT2D eigenvalue weighted by molar-refractivity contribution is 5.96. The number of nitrogens with one attached hydrogen (secondary N) is 1. The Morgan fingerprint density at radius 2 is 2.21 bits per heavy atom. The molecule has 0 atom stereocenters. The van der Waals surface area contributed by atoms with Gasteiger partial charge in [0.2, 0.25) is 5.91 Å². The number of ether oxygens (including phenoxy) is 1. The quantitative estimate of drug-likeness (QED) is 0.579. The van der Waals surface area contributed by atoms with Crippen LogP contribution < -0.4 is 11.1 Å². The Hall–Kier alpha value is -1.59. The number of carbonyl (C=O) groups excluding carboxylic acids is 1. The molecule has 19 heavy (non-hydrogen) atoms. The summed E-state index contributed by atoms with van der Waals surface area (Å²) in [4.78, 5) is 13.8. The minimum atomic E-state index is -0.0694. The van der Waals surface area contributed by atoms with Crippen LogP contribution in [0.5, 0.6) is 0 Å². The van der Waals surface area contributed by atoms with E-state index in [-0.39, 0.29) is 5.91 Å². The minimum Gasteiger partial charge on any atom is -0.397 e. The standard InChI is InChI=1S/C14H23N3O2/c1-4-19-9-8-17(3)10-13(18)16-14-11(2)6-5-7-12(14)15/h5-7H,4,8-10,15H2,1-3H3,(H,16,18). The summed E-state index contributed by atoms with van der Waals surface area (Å²) in [5.74, 6) is -0.0694. The van der Waals surface area contributed by atoms with Crippen molar-refractivity contribution in [3.05, 3.63) is 23.8 Å². The predicted octanol–water partition coefficient (Wildman–Crippen LogP) is 1.48. The van der Waals surface area contributed by atoms with E-state index >= 15 is 0 Å². The lowest BCUT2D eigenvalue weighted by atomic mass is 10.1. The zero-order valence-corrected chi connectivity index (χ0v) is 11.9. The first-order valence-electron chi connectivity index (χ1n) is 6.45. The molecule has 1 aromatic rings. The molecule has 0 aliphatic carbocycles. The number of rotatable bonds is 7. The second kappa shape index (κ2) is 7.76. The van der Waals surface area contributed by atoms with Crippen LogP contribution in [0.1, 0.15) is 12.5 Å². The molecular weight excluding hydrogens is 242 g/mol. The van der Waals surface area contributed by atoms with Crippen LogP contribution >= 0.6 is 0 Å². The van der Waals surface area contributed by atoms with Crippen LogP contribution in [0.2, 0.25) is 0 Å². The van der Waals surface area contributed by atoms with Crippen LogP contribution in [0.3, 0.4) is 0 Å². The second-order valence-electron chi connectivity index (χ2n) is 4.52. The lowest BCUT2D eigenvalue weighted by Crippen LogP contribution is -2.32. The third-order valence-electron chi connectivity index (χ3n) is 2.80. The van der Waals surface area contributed by atoms with E-state index in [1.165, 1.54) is 0 Å². The molecule has 0 unspecified atom stereocenters. The first kappa shape index (κ1) is 15.5. The van der Waals surface area contributed by atoms with Gasteiger partial charge in [-0.15, -0.1) is 0 Å². The first-order chi connectivity index (χ1) is 9.04. The third-order valence-corrected chi connectivity index (χ3v) is 2.80. The number of carbonyl (C=O) groups is 1. The highest BCUT2D eigenvalue weighted by atomic mass is 16.5. The molecule has 5 heteroatoms. The zero-order chi connectivity index (χ0) is 14.3. The van der Waals surface area contributed by atoms with Crippen LogP contribution in [0.25, 0.3) is 0 Å². The van der Waals surface area contributed by atoms with Crippen molar-refractivity contribution in [1.29, 1.82) is 0 Å². The fraction of sp³-hybridized carbons (Fsp3) is 0.500. The van der Waals surface area contributed by atoms with Crippen LogP contribution in [0.4, 0.5) is 11.4 Å². The second-order valence-corrected chi connectivity index (χ2v) is 4.52. The number of hydrogen-bond acceptors (Lipinski definition) is 4.